The minimum atomic E-state index is -0.664. The Bertz CT molecular complexity index is 3460. The molecule has 3 heteroatoms. The number of fused-ring (bicyclic) bond motifs is 20. The van der Waals surface area contributed by atoms with Crippen molar-refractivity contribution in [1.29, 1.82) is 0 Å². The molecule has 0 amide bonds. The molecule has 0 atom stereocenters. The van der Waals surface area contributed by atoms with Gasteiger partial charge in [-0.25, -0.2) is 0 Å². The highest BCUT2D eigenvalue weighted by atomic mass is 16.3. The fourth-order valence-electron chi connectivity index (χ4n) is 11.6. The van der Waals surface area contributed by atoms with Crippen molar-refractivity contribution in [3.63, 3.8) is 0 Å². The van der Waals surface area contributed by atoms with Crippen molar-refractivity contribution in [3.05, 3.63) is 280 Å². The molecular weight excluding hydrogens is 765 g/mol. The summed E-state index contributed by atoms with van der Waals surface area (Å²) in [6.07, 6.45) is 2.01. The van der Waals surface area contributed by atoms with E-state index in [2.05, 4.69) is 176 Å². The van der Waals surface area contributed by atoms with Crippen LogP contribution in [0.3, 0.4) is 0 Å². The summed E-state index contributed by atoms with van der Waals surface area (Å²) in [5.74, 6) is 0. The highest BCUT2D eigenvalue weighted by Gasteiger charge is 2.59. The van der Waals surface area contributed by atoms with Gasteiger partial charge in [-0.15, -0.1) is 0 Å². The molecule has 0 bridgehead atoms. The second-order valence-corrected chi connectivity index (χ2v) is 17.1. The lowest BCUT2D eigenvalue weighted by molar-refractivity contribution is 0.631. The van der Waals surface area contributed by atoms with Gasteiger partial charge in [0.05, 0.1) is 23.1 Å². The van der Waals surface area contributed by atoms with Crippen molar-refractivity contribution in [3.8, 4) is 22.3 Å². The molecule has 0 fully saturated rings. The zero-order chi connectivity index (χ0) is 41.7. The first-order valence-electron chi connectivity index (χ1n) is 21.8. The molecular formula is C60H40N2O. The molecule has 63 heavy (non-hydrogen) atoms. The maximum absolute atomic E-state index is 6.94. The standard InChI is InChI=1S/C60H40N2O/c61-54(39-17-3-1-4-18-39)36-55(40-19-5-2-6-20-40)62-37-38-31-32-45-53(35-38)60(52-34-33-44-43-23-9-16-30-56(43)63-58(44)57(45)52)50-28-14-12-26-48(50)59(49-27-13-15-29-51(49)60)46-24-10-7-21-41(46)42-22-8-11-25-47(42)59/h1-36H,37,61H2/b54-36-,62-55?. The van der Waals surface area contributed by atoms with Crippen molar-refractivity contribution in [1.82, 2.24) is 0 Å². The number of hydrogen-bond acceptors (Lipinski definition) is 3. The molecule has 13 rings (SSSR count). The van der Waals surface area contributed by atoms with E-state index in [0.717, 1.165) is 49.9 Å². The molecule has 2 N–H and O–H groups in total. The van der Waals surface area contributed by atoms with Gasteiger partial charge in [0.25, 0.3) is 0 Å². The van der Waals surface area contributed by atoms with E-state index in [4.69, 9.17) is 15.1 Å². The molecule has 3 nitrogen and oxygen atoms in total. The molecule has 3 aliphatic carbocycles. The van der Waals surface area contributed by atoms with Gasteiger partial charge in [-0.3, -0.25) is 4.99 Å². The van der Waals surface area contributed by atoms with Gasteiger partial charge in [0.15, 0.2) is 0 Å². The lowest BCUT2D eigenvalue weighted by atomic mass is 9.52. The van der Waals surface area contributed by atoms with Crippen LogP contribution in [0.1, 0.15) is 61.2 Å². The zero-order valence-corrected chi connectivity index (χ0v) is 34.4. The van der Waals surface area contributed by atoms with Crippen molar-refractivity contribution in [2.24, 2.45) is 10.7 Å². The summed E-state index contributed by atoms with van der Waals surface area (Å²) in [7, 11) is 0. The summed E-state index contributed by atoms with van der Waals surface area (Å²) < 4.78 is 6.94. The van der Waals surface area contributed by atoms with Crippen molar-refractivity contribution in [2.75, 3.05) is 0 Å². The Balaban J connectivity index is 1.10. The molecule has 0 saturated heterocycles. The van der Waals surface area contributed by atoms with Crippen molar-refractivity contribution in [2.45, 2.75) is 17.4 Å². The molecule has 3 aliphatic rings. The van der Waals surface area contributed by atoms with Gasteiger partial charge >= 0.3 is 0 Å². The van der Waals surface area contributed by atoms with Crippen LogP contribution in [0.5, 0.6) is 0 Å². The topological polar surface area (TPSA) is 51.5 Å². The lowest BCUT2D eigenvalue weighted by Gasteiger charge is -2.48. The number of allylic oxidation sites excluding steroid dienone is 1. The highest BCUT2D eigenvalue weighted by Crippen LogP contribution is 2.68. The van der Waals surface area contributed by atoms with Crippen LogP contribution in [0.4, 0.5) is 0 Å². The van der Waals surface area contributed by atoms with Crippen LogP contribution in [0, 0.1) is 0 Å². The highest BCUT2D eigenvalue weighted by molar-refractivity contribution is 6.13. The van der Waals surface area contributed by atoms with Crippen LogP contribution in [0.2, 0.25) is 0 Å². The molecule has 0 unspecified atom stereocenters. The molecule has 0 radical (unpaired) electrons. The number of benzene rings is 9. The van der Waals surface area contributed by atoms with Crippen LogP contribution >= 0.6 is 0 Å². The Labute approximate surface area is 366 Å². The predicted molar refractivity (Wildman–Crippen MR) is 257 cm³/mol. The third kappa shape index (κ3) is 4.82. The second kappa shape index (κ2) is 13.5. The lowest BCUT2D eigenvalue weighted by Crippen LogP contribution is -2.43. The predicted octanol–water partition coefficient (Wildman–Crippen LogP) is 13.6. The fraction of sp³-hybridized carbons (Fsp3) is 0.0500. The van der Waals surface area contributed by atoms with Gasteiger partial charge < -0.3 is 10.2 Å². The third-order valence-electron chi connectivity index (χ3n) is 14.0. The Morgan fingerprint density at radius 1 is 0.444 bits per heavy atom. The Kier molecular flexibility index (Phi) is 7.65. The number of aliphatic imine (C=N–C) groups is 1. The van der Waals surface area contributed by atoms with E-state index in [0.29, 0.717) is 12.2 Å². The van der Waals surface area contributed by atoms with E-state index in [1.54, 1.807) is 0 Å². The maximum Gasteiger partial charge on any atom is 0.143 e. The van der Waals surface area contributed by atoms with E-state index >= 15 is 0 Å². The summed E-state index contributed by atoms with van der Waals surface area (Å²) in [6, 6.07) is 77.2. The molecule has 2 spiro atoms. The van der Waals surface area contributed by atoms with Crippen LogP contribution in [-0.4, -0.2) is 5.71 Å². The smallest absolute Gasteiger partial charge is 0.143 e. The molecule has 1 heterocycles. The van der Waals surface area contributed by atoms with Crippen molar-refractivity contribution < 1.29 is 4.42 Å². The summed E-state index contributed by atoms with van der Waals surface area (Å²) in [4.78, 5) is 5.35. The largest absolute Gasteiger partial charge is 0.455 e. The van der Waals surface area contributed by atoms with Gasteiger partial charge in [0, 0.05) is 22.0 Å². The van der Waals surface area contributed by atoms with E-state index in [1.807, 2.05) is 42.5 Å². The Hall–Kier alpha value is -8.01. The Morgan fingerprint density at radius 3 is 1.60 bits per heavy atom. The maximum atomic E-state index is 6.94. The SMILES string of the molecule is N/C(=C\C(=NCc1ccc2c(c1)C1(c3ccccc3C3(c4ccccc4-c4ccccc43)c3ccccc31)c1ccc3c(oc4ccccc43)c1-2)c1ccccc1)c1ccccc1. The number of hydrogen-bond donors (Lipinski definition) is 1. The average Bonchev–Trinajstić information content (AvgIpc) is 3.98. The molecule has 296 valence electrons. The summed E-state index contributed by atoms with van der Waals surface area (Å²) in [5.41, 5.74) is 27.3. The van der Waals surface area contributed by atoms with Gasteiger partial charge in [-0.1, -0.05) is 206 Å². The number of nitrogens with two attached hydrogens (primary N) is 1. The van der Waals surface area contributed by atoms with Gasteiger partial charge in [-0.05, 0) is 90.0 Å². The monoisotopic (exact) mass is 804 g/mol. The van der Waals surface area contributed by atoms with Crippen LogP contribution in [-0.2, 0) is 17.4 Å². The Morgan fingerprint density at radius 2 is 0.968 bits per heavy atom. The van der Waals surface area contributed by atoms with Crippen molar-refractivity contribution >= 4 is 33.3 Å². The fourth-order valence-corrected chi connectivity index (χ4v) is 11.6. The van der Waals surface area contributed by atoms with Gasteiger partial charge in [0.2, 0.25) is 0 Å². The van der Waals surface area contributed by atoms with Crippen LogP contribution < -0.4 is 5.73 Å². The summed E-state index contributed by atoms with van der Waals surface area (Å²) in [6.45, 7) is 0.469. The third-order valence-corrected chi connectivity index (χ3v) is 14.0. The number of para-hydroxylation sites is 1. The first-order valence-corrected chi connectivity index (χ1v) is 21.8. The number of furan rings is 1. The molecule has 0 saturated carbocycles. The molecule has 9 aromatic carbocycles. The zero-order valence-electron chi connectivity index (χ0n) is 34.4. The van der Waals surface area contributed by atoms with Gasteiger partial charge in [-0.2, -0.15) is 0 Å². The normalized spacial score (nSPS) is 14.9. The van der Waals surface area contributed by atoms with Crippen LogP contribution in [0.25, 0.3) is 49.9 Å². The molecule has 1 aromatic heterocycles. The second-order valence-electron chi connectivity index (χ2n) is 17.1. The first-order chi connectivity index (χ1) is 31.2. The van der Waals surface area contributed by atoms with E-state index in [-0.39, 0.29) is 0 Å². The quantitative estimate of drug-likeness (QED) is 0.176. The van der Waals surface area contributed by atoms with Crippen LogP contribution in [0.15, 0.2) is 228 Å². The number of rotatable bonds is 5. The van der Waals surface area contributed by atoms with Gasteiger partial charge in [0.1, 0.15) is 11.2 Å². The van der Waals surface area contributed by atoms with E-state index in [1.165, 1.54) is 61.2 Å². The average molecular weight is 805 g/mol. The summed E-state index contributed by atoms with van der Waals surface area (Å²) in [5, 5.41) is 2.26. The van der Waals surface area contributed by atoms with E-state index in [9.17, 15) is 0 Å². The summed E-state index contributed by atoms with van der Waals surface area (Å²) >= 11 is 0. The number of nitrogens with zero attached hydrogens (tertiary/aromatic N) is 1. The molecule has 10 aromatic rings. The molecule has 0 aliphatic heterocycles. The minimum Gasteiger partial charge on any atom is -0.455 e. The van der Waals surface area contributed by atoms with E-state index < -0.39 is 10.8 Å². The minimum absolute atomic E-state index is 0.469. The first kappa shape index (κ1) is 35.7.